The van der Waals surface area contributed by atoms with E-state index in [-0.39, 0.29) is 22.4 Å². The van der Waals surface area contributed by atoms with Crippen LogP contribution in [-0.2, 0) is 0 Å². The van der Waals surface area contributed by atoms with Gasteiger partial charge in [-0.2, -0.15) is 0 Å². The van der Waals surface area contributed by atoms with Crippen LogP contribution in [0.3, 0.4) is 0 Å². The lowest BCUT2D eigenvalue weighted by atomic mass is 10.1. The summed E-state index contributed by atoms with van der Waals surface area (Å²) in [5.41, 5.74) is 11.0. The number of anilines is 1. The monoisotopic (exact) mass is 266 g/mol. The molecule has 92 valence electrons. The first kappa shape index (κ1) is 12.3. The van der Waals surface area contributed by atoms with Crippen LogP contribution in [0.15, 0.2) is 24.3 Å². The minimum atomic E-state index is -0.826. The zero-order chi connectivity index (χ0) is 13.3. The summed E-state index contributed by atoms with van der Waals surface area (Å²) in [6.07, 6.45) is 0. The summed E-state index contributed by atoms with van der Waals surface area (Å²) < 4.78 is 13.1. The van der Waals surface area contributed by atoms with E-state index in [1.54, 1.807) is 6.07 Å². The van der Waals surface area contributed by atoms with E-state index in [1.165, 1.54) is 18.2 Å². The molecule has 0 radical (unpaired) electrons. The number of hydrogen-bond acceptors (Lipinski definition) is 4. The van der Waals surface area contributed by atoms with E-state index in [9.17, 15) is 9.18 Å². The molecule has 1 aromatic heterocycles. The maximum atomic E-state index is 13.1. The van der Waals surface area contributed by atoms with E-state index in [4.69, 9.17) is 23.1 Å². The summed E-state index contributed by atoms with van der Waals surface area (Å²) in [5.74, 6) is -1.42. The molecule has 0 fully saturated rings. The van der Waals surface area contributed by atoms with Crippen molar-refractivity contribution < 1.29 is 9.18 Å². The molecule has 1 aromatic carbocycles. The number of nitrogen functional groups attached to an aromatic ring is 1. The van der Waals surface area contributed by atoms with E-state index in [1.807, 2.05) is 0 Å². The lowest BCUT2D eigenvalue weighted by Crippen LogP contribution is -2.17. The molecule has 0 aliphatic carbocycles. The molecule has 7 heteroatoms. The minimum absolute atomic E-state index is 0.0661. The Balaban J connectivity index is 2.60. The molecule has 1 heterocycles. The second-order valence-electron chi connectivity index (χ2n) is 3.47. The Morgan fingerprint density at radius 2 is 2.06 bits per heavy atom. The van der Waals surface area contributed by atoms with Gasteiger partial charge in [0, 0.05) is 5.56 Å². The molecular formula is C11H8ClFN4O. The third kappa shape index (κ3) is 2.23. The number of rotatable bonds is 2. The highest BCUT2D eigenvalue weighted by Gasteiger charge is 2.15. The Labute approximate surface area is 107 Å². The summed E-state index contributed by atoms with van der Waals surface area (Å²) in [7, 11) is 0. The van der Waals surface area contributed by atoms with Crippen molar-refractivity contribution >= 4 is 23.3 Å². The van der Waals surface area contributed by atoms with Crippen LogP contribution in [0, 0.1) is 5.82 Å². The van der Waals surface area contributed by atoms with Crippen molar-refractivity contribution in [1.82, 2.24) is 9.97 Å². The van der Waals surface area contributed by atoms with Crippen molar-refractivity contribution in [3.8, 4) is 11.3 Å². The van der Waals surface area contributed by atoms with Gasteiger partial charge >= 0.3 is 0 Å². The zero-order valence-corrected chi connectivity index (χ0v) is 9.78. The topological polar surface area (TPSA) is 94.9 Å². The van der Waals surface area contributed by atoms with Gasteiger partial charge in [-0.1, -0.05) is 23.7 Å². The lowest BCUT2D eigenvalue weighted by Gasteiger charge is -2.06. The van der Waals surface area contributed by atoms with Crippen molar-refractivity contribution in [2.75, 3.05) is 5.73 Å². The smallest absolute Gasteiger partial charge is 0.271 e. The number of benzene rings is 1. The van der Waals surface area contributed by atoms with Crippen LogP contribution in [0.4, 0.5) is 10.2 Å². The van der Waals surface area contributed by atoms with Gasteiger partial charge in [0.1, 0.15) is 11.5 Å². The Morgan fingerprint density at radius 1 is 1.33 bits per heavy atom. The number of carbonyl (C=O) groups is 1. The van der Waals surface area contributed by atoms with Gasteiger partial charge in [-0.05, 0) is 12.1 Å². The average Bonchev–Trinajstić information content (AvgIpc) is 2.31. The standard InChI is InChI=1S/C11H8ClFN4O/c12-9-7(5-2-1-3-6(13)4-5)17-10(14)8(16-9)11(15)18/h1-4H,(H2,14,17)(H2,15,18). The molecule has 0 atom stereocenters. The van der Waals surface area contributed by atoms with E-state index in [2.05, 4.69) is 9.97 Å². The van der Waals surface area contributed by atoms with Crippen LogP contribution >= 0.6 is 11.6 Å². The third-order valence-corrected chi connectivity index (χ3v) is 2.48. The molecular weight excluding hydrogens is 259 g/mol. The van der Waals surface area contributed by atoms with Crippen molar-refractivity contribution in [3.63, 3.8) is 0 Å². The number of halogens is 2. The number of carbonyl (C=O) groups excluding carboxylic acids is 1. The molecule has 0 saturated carbocycles. The van der Waals surface area contributed by atoms with Gasteiger partial charge in [0.25, 0.3) is 5.91 Å². The third-order valence-electron chi connectivity index (χ3n) is 2.21. The lowest BCUT2D eigenvalue weighted by molar-refractivity contribution is 0.0996. The summed E-state index contributed by atoms with van der Waals surface area (Å²) in [4.78, 5) is 18.7. The Bertz CT molecular complexity index is 632. The fourth-order valence-corrected chi connectivity index (χ4v) is 1.66. The molecule has 0 saturated heterocycles. The number of primary amides is 1. The second-order valence-corrected chi connectivity index (χ2v) is 3.83. The average molecular weight is 267 g/mol. The Hall–Kier alpha value is -2.21. The molecule has 0 unspecified atom stereocenters. The maximum Gasteiger partial charge on any atom is 0.271 e. The molecule has 2 rings (SSSR count). The van der Waals surface area contributed by atoms with E-state index < -0.39 is 11.7 Å². The predicted octanol–water partition coefficient (Wildman–Crippen LogP) is 1.62. The van der Waals surface area contributed by atoms with Crippen LogP contribution in [0.5, 0.6) is 0 Å². The zero-order valence-electron chi connectivity index (χ0n) is 9.02. The molecule has 5 nitrogen and oxygen atoms in total. The van der Waals surface area contributed by atoms with Crippen molar-refractivity contribution in [2.24, 2.45) is 5.73 Å². The van der Waals surface area contributed by atoms with Crippen LogP contribution in [0.2, 0.25) is 5.15 Å². The Kier molecular flexibility index (Phi) is 3.12. The minimum Gasteiger partial charge on any atom is -0.382 e. The number of nitrogens with zero attached hydrogens (tertiary/aromatic N) is 2. The van der Waals surface area contributed by atoms with Crippen molar-refractivity contribution in [3.05, 3.63) is 40.9 Å². The van der Waals surface area contributed by atoms with Gasteiger partial charge in [0.2, 0.25) is 0 Å². The van der Waals surface area contributed by atoms with Gasteiger partial charge in [-0.3, -0.25) is 4.79 Å². The first-order valence-electron chi connectivity index (χ1n) is 4.88. The van der Waals surface area contributed by atoms with E-state index in [0.29, 0.717) is 5.56 Å². The number of hydrogen-bond donors (Lipinski definition) is 2. The first-order valence-corrected chi connectivity index (χ1v) is 5.25. The number of amides is 1. The van der Waals surface area contributed by atoms with Gasteiger partial charge < -0.3 is 11.5 Å². The van der Waals surface area contributed by atoms with Gasteiger partial charge in [-0.15, -0.1) is 0 Å². The maximum absolute atomic E-state index is 13.1. The fraction of sp³-hybridized carbons (Fsp3) is 0. The molecule has 2 aromatic rings. The summed E-state index contributed by atoms with van der Waals surface area (Å²) in [5, 5.41) is -0.0661. The van der Waals surface area contributed by atoms with Crippen molar-refractivity contribution in [2.45, 2.75) is 0 Å². The molecule has 18 heavy (non-hydrogen) atoms. The largest absolute Gasteiger partial charge is 0.382 e. The quantitative estimate of drug-likeness (QED) is 0.863. The van der Waals surface area contributed by atoms with Crippen LogP contribution in [0.1, 0.15) is 10.5 Å². The van der Waals surface area contributed by atoms with E-state index >= 15 is 0 Å². The van der Waals surface area contributed by atoms with Crippen molar-refractivity contribution in [1.29, 1.82) is 0 Å². The highest BCUT2D eigenvalue weighted by Crippen LogP contribution is 2.26. The van der Waals surface area contributed by atoms with E-state index in [0.717, 1.165) is 0 Å². The molecule has 0 bridgehead atoms. The number of nitrogens with two attached hydrogens (primary N) is 2. The normalized spacial score (nSPS) is 10.3. The number of aromatic nitrogens is 2. The highest BCUT2D eigenvalue weighted by atomic mass is 35.5. The van der Waals surface area contributed by atoms with Gasteiger partial charge in [0.15, 0.2) is 16.7 Å². The molecule has 0 aliphatic rings. The predicted molar refractivity (Wildman–Crippen MR) is 65.4 cm³/mol. The van der Waals surface area contributed by atoms with Crippen LogP contribution in [0.25, 0.3) is 11.3 Å². The molecule has 0 aliphatic heterocycles. The first-order chi connectivity index (χ1) is 8.49. The molecule has 0 spiro atoms. The highest BCUT2D eigenvalue weighted by molar-refractivity contribution is 6.32. The second kappa shape index (κ2) is 4.58. The van der Waals surface area contributed by atoms with Gasteiger partial charge in [-0.25, -0.2) is 14.4 Å². The van der Waals surface area contributed by atoms with Crippen LogP contribution < -0.4 is 11.5 Å². The molecule has 1 amide bonds. The Morgan fingerprint density at radius 3 is 2.67 bits per heavy atom. The SMILES string of the molecule is NC(=O)c1nc(Cl)c(-c2cccc(F)c2)nc1N. The molecule has 4 N–H and O–H groups in total. The summed E-state index contributed by atoms with van der Waals surface area (Å²) in [6.45, 7) is 0. The summed E-state index contributed by atoms with van der Waals surface area (Å²) in [6, 6.07) is 5.62. The van der Waals surface area contributed by atoms with Crippen LogP contribution in [-0.4, -0.2) is 15.9 Å². The van der Waals surface area contributed by atoms with Gasteiger partial charge in [0.05, 0.1) is 0 Å². The fourth-order valence-electron chi connectivity index (χ4n) is 1.43. The summed E-state index contributed by atoms with van der Waals surface area (Å²) >= 11 is 5.87.